The van der Waals surface area contributed by atoms with Crippen molar-refractivity contribution in [2.45, 2.75) is 38.8 Å². The molecule has 0 unspecified atom stereocenters. The van der Waals surface area contributed by atoms with Gasteiger partial charge in [-0.15, -0.1) is 11.3 Å². The first-order chi connectivity index (χ1) is 12.4. The zero-order valence-electron chi connectivity index (χ0n) is 14.5. The molecule has 3 aromatic heterocycles. The third kappa shape index (κ3) is 3.02. The molecule has 4 heterocycles. The SMILES string of the molecule is CC(C)c1nn(CC(=O)N[C@@H]2CCOC2)c(=O)c2cc3sc(Cl)cc3n12. The Morgan fingerprint density at radius 3 is 2.96 bits per heavy atom. The molecule has 1 aliphatic rings. The predicted molar refractivity (Wildman–Crippen MR) is 101 cm³/mol. The number of aromatic nitrogens is 3. The van der Waals surface area contributed by atoms with Crippen LogP contribution in [-0.4, -0.2) is 39.3 Å². The molecule has 26 heavy (non-hydrogen) atoms. The van der Waals surface area contributed by atoms with Crippen LogP contribution in [-0.2, 0) is 16.1 Å². The summed E-state index contributed by atoms with van der Waals surface area (Å²) in [6.45, 7) is 5.07. The Morgan fingerprint density at radius 1 is 1.46 bits per heavy atom. The average molecular weight is 395 g/mol. The summed E-state index contributed by atoms with van der Waals surface area (Å²) in [5.74, 6) is 0.566. The summed E-state index contributed by atoms with van der Waals surface area (Å²) in [6.07, 6.45) is 0.792. The number of amides is 1. The molecule has 0 aromatic carbocycles. The fraction of sp³-hybridized carbons (Fsp3) is 0.471. The number of carbonyl (C=O) groups is 1. The van der Waals surface area contributed by atoms with Gasteiger partial charge in [0, 0.05) is 12.5 Å². The molecule has 0 aliphatic carbocycles. The molecule has 138 valence electrons. The molecule has 4 rings (SSSR count). The molecule has 1 amide bonds. The smallest absolute Gasteiger partial charge is 0.291 e. The van der Waals surface area contributed by atoms with E-state index < -0.39 is 0 Å². The predicted octanol–water partition coefficient (Wildman–Crippen LogP) is 2.39. The number of hydrogen-bond acceptors (Lipinski definition) is 5. The quantitative estimate of drug-likeness (QED) is 0.737. The van der Waals surface area contributed by atoms with Crippen molar-refractivity contribution in [2.75, 3.05) is 13.2 Å². The minimum absolute atomic E-state index is 0.00674. The van der Waals surface area contributed by atoms with E-state index in [2.05, 4.69) is 10.4 Å². The maximum atomic E-state index is 12.9. The Morgan fingerprint density at radius 2 is 2.27 bits per heavy atom. The van der Waals surface area contributed by atoms with Crippen molar-refractivity contribution in [2.24, 2.45) is 0 Å². The molecule has 3 aromatic rings. The molecule has 7 nitrogen and oxygen atoms in total. The van der Waals surface area contributed by atoms with Crippen molar-refractivity contribution < 1.29 is 9.53 Å². The summed E-state index contributed by atoms with van der Waals surface area (Å²) in [7, 11) is 0. The van der Waals surface area contributed by atoms with E-state index in [1.165, 1.54) is 16.0 Å². The average Bonchev–Trinajstić information content (AvgIpc) is 3.26. The number of ether oxygens (including phenoxy) is 1. The molecule has 9 heteroatoms. The highest BCUT2D eigenvalue weighted by Crippen LogP contribution is 2.32. The summed E-state index contributed by atoms with van der Waals surface area (Å²) in [6, 6.07) is 3.67. The van der Waals surface area contributed by atoms with E-state index in [0.29, 0.717) is 23.1 Å². The van der Waals surface area contributed by atoms with Crippen molar-refractivity contribution in [3.63, 3.8) is 0 Å². The third-order valence-corrected chi connectivity index (χ3v) is 5.67. The van der Waals surface area contributed by atoms with E-state index >= 15 is 0 Å². The van der Waals surface area contributed by atoms with Crippen LogP contribution in [0.15, 0.2) is 16.9 Å². The van der Waals surface area contributed by atoms with Crippen LogP contribution in [0.5, 0.6) is 0 Å². The van der Waals surface area contributed by atoms with Crippen molar-refractivity contribution in [3.05, 3.63) is 32.6 Å². The lowest BCUT2D eigenvalue weighted by molar-refractivity contribution is -0.122. The molecule has 0 radical (unpaired) electrons. The molecule has 1 fully saturated rings. The number of hydrogen-bond donors (Lipinski definition) is 1. The Balaban J connectivity index is 1.76. The fourth-order valence-corrected chi connectivity index (χ4v) is 4.41. The van der Waals surface area contributed by atoms with Crippen LogP contribution >= 0.6 is 22.9 Å². The molecule has 0 spiro atoms. The first kappa shape index (κ1) is 17.5. The van der Waals surface area contributed by atoms with Gasteiger partial charge in [0.15, 0.2) is 0 Å². The van der Waals surface area contributed by atoms with Gasteiger partial charge in [0.05, 0.1) is 27.2 Å². The van der Waals surface area contributed by atoms with Crippen LogP contribution in [0.1, 0.15) is 32.0 Å². The van der Waals surface area contributed by atoms with Crippen LogP contribution in [0, 0.1) is 0 Å². The Bertz CT molecular complexity index is 1050. The van der Waals surface area contributed by atoms with Crippen LogP contribution in [0.25, 0.3) is 15.7 Å². The standard InChI is InChI=1S/C17H19ClN4O3S/c1-9(2)16-20-21(7-15(23)19-10-3-4-25-8-10)17(24)12-5-13-11(22(12)16)6-14(18)26-13/h5-6,9-10H,3-4,7-8H2,1-2H3,(H,19,23)/t10-/m1/s1. The molecular weight excluding hydrogens is 376 g/mol. The van der Waals surface area contributed by atoms with Gasteiger partial charge in [-0.3, -0.25) is 14.0 Å². The molecule has 0 bridgehead atoms. The van der Waals surface area contributed by atoms with Gasteiger partial charge in [0.25, 0.3) is 5.56 Å². The molecule has 1 N–H and O–H groups in total. The number of halogens is 1. The van der Waals surface area contributed by atoms with E-state index in [-0.39, 0.29) is 30.0 Å². The van der Waals surface area contributed by atoms with Crippen molar-refractivity contribution in [1.29, 1.82) is 0 Å². The van der Waals surface area contributed by atoms with E-state index in [1.807, 2.05) is 30.4 Å². The van der Waals surface area contributed by atoms with Crippen molar-refractivity contribution >= 4 is 44.6 Å². The van der Waals surface area contributed by atoms with E-state index in [9.17, 15) is 9.59 Å². The number of thiophene rings is 1. The summed E-state index contributed by atoms with van der Waals surface area (Å²) in [4.78, 5) is 25.2. The number of nitrogens with zero attached hydrogens (tertiary/aromatic N) is 3. The highest BCUT2D eigenvalue weighted by Gasteiger charge is 2.21. The fourth-order valence-electron chi connectivity index (χ4n) is 3.25. The normalized spacial score (nSPS) is 17.6. The third-order valence-electron chi connectivity index (χ3n) is 4.47. The maximum Gasteiger partial charge on any atom is 0.291 e. The first-order valence-corrected chi connectivity index (χ1v) is 9.72. The summed E-state index contributed by atoms with van der Waals surface area (Å²) < 4.78 is 9.96. The monoisotopic (exact) mass is 394 g/mol. The highest BCUT2D eigenvalue weighted by molar-refractivity contribution is 7.22. The topological polar surface area (TPSA) is 77.6 Å². The van der Waals surface area contributed by atoms with E-state index in [0.717, 1.165) is 22.5 Å². The Labute approximate surface area is 158 Å². The van der Waals surface area contributed by atoms with Gasteiger partial charge in [0.2, 0.25) is 5.91 Å². The number of carbonyl (C=O) groups excluding carboxylic acids is 1. The van der Waals surface area contributed by atoms with Crippen LogP contribution in [0.2, 0.25) is 4.34 Å². The first-order valence-electron chi connectivity index (χ1n) is 8.52. The zero-order chi connectivity index (χ0) is 18.4. The Hall–Kier alpha value is -1.90. The number of rotatable bonds is 4. The van der Waals surface area contributed by atoms with Crippen molar-refractivity contribution in [1.82, 2.24) is 19.5 Å². The summed E-state index contributed by atoms with van der Waals surface area (Å²) >= 11 is 7.54. The lowest BCUT2D eigenvalue weighted by Gasteiger charge is -2.14. The van der Waals surface area contributed by atoms with Crippen LogP contribution in [0.3, 0.4) is 0 Å². The van der Waals surface area contributed by atoms with Gasteiger partial charge in [-0.1, -0.05) is 25.4 Å². The minimum atomic E-state index is -0.285. The van der Waals surface area contributed by atoms with Gasteiger partial charge in [0.1, 0.15) is 17.9 Å². The second-order valence-electron chi connectivity index (χ2n) is 6.77. The molecular formula is C17H19ClN4O3S. The van der Waals surface area contributed by atoms with Crippen molar-refractivity contribution in [3.8, 4) is 0 Å². The van der Waals surface area contributed by atoms with Gasteiger partial charge < -0.3 is 10.1 Å². The summed E-state index contributed by atoms with van der Waals surface area (Å²) in [5.41, 5.74) is 1.10. The summed E-state index contributed by atoms with van der Waals surface area (Å²) in [5, 5.41) is 7.38. The van der Waals surface area contributed by atoms with E-state index in [4.69, 9.17) is 16.3 Å². The van der Waals surface area contributed by atoms with Gasteiger partial charge >= 0.3 is 0 Å². The maximum absolute atomic E-state index is 12.9. The van der Waals surface area contributed by atoms with Crippen LogP contribution in [0.4, 0.5) is 0 Å². The van der Waals surface area contributed by atoms with Gasteiger partial charge in [-0.05, 0) is 18.6 Å². The molecule has 1 saturated heterocycles. The second-order valence-corrected chi connectivity index (χ2v) is 8.48. The number of fused-ring (bicyclic) bond motifs is 3. The molecule has 0 saturated carbocycles. The molecule has 1 atom stereocenters. The van der Waals surface area contributed by atoms with Crippen LogP contribution < -0.4 is 10.9 Å². The molecule has 1 aliphatic heterocycles. The largest absolute Gasteiger partial charge is 0.379 e. The zero-order valence-corrected chi connectivity index (χ0v) is 16.1. The van der Waals surface area contributed by atoms with E-state index in [1.54, 1.807) is 0 Å². The van der Waals surface area contributed by atoms with Gasteiger partial charge in [-0.25, -0.2) is 4.68 Å². The lowest BCUT2D eigenvalue weighted by Crippen LogP contribution is -2.40. The highest BCUT2D eigenvalue weighted by atomic mass is 35.5. The minimum Gasteiger partial charge on any atom is -0.379 e. The lowest BCUT2D eigenvalue weighted by atomic mass is 10.2. The number of nitrogens with one attached hydrogen (secondary N) is 1. The second kappa shape index (κ2) is 6.68. The Kier molecular flexibility index (Phi) is 4.50. The van der Waals surface area contributed by atoms with Gasteiger partial charge in [-0.2, -0.15) is 5.10 Å².